The molecular formula is C10H12F2N4O. The van der Waals surface area contributed by atoms with Crippen molar-refractivity contribution in [2.24, 2.45) is 0 Å². The molecule has 17 heavy (non-hydrogen) atoms. The number of aliphatic hydroxyl groups is 1. The second kappa shape index (κ2) is 4.25. The molecule has 2 heterocycles. The summed E-state index contributed by atoms with van der Waals surface area (Å²) in [6, 6.07) is 3.64. The monoisotopic (exact) mass is 242 g/mol. The van der Waals surface area contributed by atoms with E-state index in [2.05, 4.69) is 15.4 Å². The number of pyridine rings is 1. The summed E-state index contributed by atoms with van der Waals surface area (Å²) in [4.78, 5) is 4.04. The van der Waals surface area contributed by atoms with Crippen molar-refractivity contribution in [1.29, 1.82) is 0 Å². The van der Waals surface area contributed by atoms with Gasteiger partial charge < -0.3 is 10.4 Å². The summed E-state index contributed by atoms with van der Waals surface area (Å²) in [5, 5.41) is 14.8. The second-order valence-corrected chi connectivity index (χ2v) is 3.81. The van der Waals surface area contributed by atoms with Crippen molar-refractivity contribution in [3.63, 3.8) is 0 Å². The Morgan fingerprint density at radius 2 is 2.29 bits per heavy atom. The molecule has 2 aromatic rings. The fourth-order valence-electron chi connectivity index (χ4n) is 1.32. The number of alkyl halides is 2. The number of aromatic nitrogens is 3. The van der Waals surface area contributed by atoms with E-state index in [9.17, 15) is 8.78 Å². The lowest BCUT2D eigenvalue weighted by Crippen LogP contribution is -2.31. The third-order valence-corrected chi connectivity index (χ3v) is 2.23. The maximum atomic E-state index is 12.8. The summed E-state index contributed by atoms with van der Waals surface area (Å²) in [6.45, 7) is 0.00748. The van der Waals surface area contributed by atoms with E-state index in [1.165, 1.54) is 4.52 Å². The predicted molar refractivity (Wildman–Crippen MR) is 58.2 cm³/mol. The van der Waals surface area contributed by atoms with Gasteiger partial charge in [-0.1, -0.05) is 0 Å². The predicted octanol–water partition coefficient (Wildman–Crippen LogP) is 1.08. The largest absolute Gasteiger partial charge is 0.390 e. The van der Waals surface area contributed by atoms with Gasteiger partial charge in [0.25, 0.3) is 5.92 Å². The molecule has 7 heteroatoms. The van der Waals surface area contributed by atoms with Crippen LogP contribution in [0.1, 0.15) is 5.56 Å². The van der Waals surface area contributed by atoms with E-state index in [1.54, 1.807) is 12.3 Å². The Morgan fingerprint density at radius 3 is 3.00 bits per heavy atom. The van der Waals surface area contributed by atoms with E-state index in [4.69, 9.17) is 5.11 Å². The highest BCUT2D eigenvalue weighted by atomic mass is 19.3. The van der Waals surface area contributed by atoms with Crippen LogP contribution < -0.4 is 5.32 Å². The number of halogens is 2. The number of hydrogen-bond donors (Lipinski definition) is 2. The summed E-state index contributed by atoms with van der Waals surface area (Å²) in [6.07, 6.45) is 1.70. The summed E-state index contributed by atoms with van der Waals surface area (Å²) < 4.78 is 27.1. The lowest BCUT2D eigenvalue weighted by molar-refractivity contribution is -0.0374. The average molecular weight is 242 g/mol. The third kappa shape index (κ3) is 2.68. The van der Waals surface area contributed by atoms with Gasteiger partial charge >= 0.3 is 0 Å². The van der Waals surface area contributed by atoms with Crippen molar-refractivity contribution in [1.82, 2.24) is 14.6 Å². The Labute approximate surface area is 96.1 Å². The van der Waals surface area contributed by atoms with Crippen molar-refractivity contribution < 1.29 is 13.9 Å². The molecule has 0 spiro atoms. The molecule has 0 aliphatic carbocycles. The van der Waals surface area contributed by atoms with E-state index in [1.807, 2.05) is 13.0 Å². The maximum absolute atomic E-state index is 12.8. The van der Waals surface area contributed by atoms with Gasteiger partial charge in [0.2, 0.25) is 5.95 Å². The molecule has 0 aliphatic rings. The number of rotatable bonds is 4. The van der Waals surface area contributed by atoms with Crippen molar-refractivity contribution in [2.45, 2.75) is 12.8 Å². The van der Waals surface area contributed by atoms with Gasteiger partial charge in [-0.3, -0.25) is 0 Å². The number of fused-ring (bicyclic) bond motifs is 1. The first-order chi connectivity index (χ1) is 8.00. The zero-order valence-corrected chi connectivity index (χ0v) is 9.19. The summed E-state index contributed by atoms with van der Waals surface area (Å²) >= 11 is 0. The molecule has 0 saturated carbocycles. The molecule has 0 fully saturated rings. The van der Waals surface area contributed by atoms with Crippen molar-refractivity contribution >= 4 is 11.6 Å². The molecule has 5 nitrogen and oxygen atoms in total. The van der Waals surface area contributed by atoms with E-state index in [0.29, 0.717) is 5.65 Å². The molecule has 0 atom stereocenters. The Kier molecular flexibility index (Phi) is 2.93. The van der Waals surface area contributed by atoms with E-state index in [-0.39, 0.29) is 5.95 Å². The zero-order valence-electron chi connectivity index (χ0n) is 9.19. The lowest BCUT2D eigenvalue weighted by atomic mass is 10.3. The number of aryl methyl sites for hydroxylation is 1. The molecule has 0 radical (unpaired) electrons. The molecule has 0 saturated heterocycles. The van der Waals surface area contributed by atoms with Gasteiger partial charge in [-0.25, -0.2) is 13.3 Å². The highest BCUT2D eigenvalue weighted by Gasteiger charge is 2.27. The minimum absolute atomic E-state index is 0.115. The third-order valence-electron chi connectivity index (χ3n) is 2.23. The molecule has 2 aromatic heterocycles. The fourth-order valence-corrected chi connectivity index (χ4v) is 1.32. The van der Waals surface area contributed by atoms with Gasteiger partial charge in [0.15, 0.2) is 5.65 Å². The van der Waals surface area contributed by atoms with Gasteiger partial charge in [-0.05, 0) is 24.6 Å². The Bertz CT molecular complexity index is 526. The molecule has 0 aliphatic heterocycles. The van der Waals surface area contributed by atoms with Gasteiger partial charge in [0.05, 0.1) is 6.54 Å². The zero-order chi connectivity index (χ0) is 12.5. The lowest BCUT2D eigenvalue weighted by Gasteiger charge is -2.12. The van der Waals surface area contributed by atoms with Crippen LogP contribution in [0.4, 0.5) is 14.7 Å². The Morgan fingerprint density at radius 1 is 1.53 bits per heavy atom. The van der Waals surface area contributed by atoms with Gasteiger partial charge in [0, 0.05) is 6.20 Å². The van der Waals surface area contributed by atoms with Crippen LogP contribution in [-0.2, 0) is 0 Å². The van der Waals surface area contributed by atoms with Crippen LogP contribution in [0.3, 0.4) is 0 Å². The second-order valence-electron chi connectivity index (χ2n) is 3.81. The van der Waals surface area contributed by atoms with Crippen molar-refractivity contribution in [3.05, 3.63) is 23.9 Å². The molecular weight excluding hydrogens is 230 g/mol. The summed E-state index contributed by atoms with van der Waals surface area (Å²) in [7, 11) is 0. The minimum atomic E-state index is -3.17. The van der Waals surface area contributed by atoms with Crippen LogP contribution in [0.2, 0.25) is 0 Å². The first-order valence-electron chi connectivity index (χ1n) is 5.06. The van der Waals surface area contributed by atoms with Crippen LogP contribution in [0, 0.1) is 6.92 Å². The molecule has 2 N–H and O–H groups in total. The molecule has 0 unspecified atom stereocenters. The first kappa shape index (κ1) is 11.7. The number of aliphatic hydroxyl groups excluding tert-OH is 1. The number of anilines is 1. The average Bonchev–Trinajstić information content (AvgIpc) is 2.68. The van der Waals surface area contributed by atoms with Crippen LogP contribution in [0.5, 0.6) is 0 Å². The number of hydrogen-bond acceptors (Lipinski definition) is 4. The van der Waals surface area contributed by atoms with Crippen LogP contribution in [-0.4, -0.2) is 38.8 Å². The van der Waals surface area contributed by atoms with E-state index in [0.717, 1.165) is 5.56 Å². The van der Waals surface area contributed by atoms with Crippen LogP contribution >= 0.6 is 0 Å². The quantitative estimate of drug-likeness (QED) is 0.842. The van der Waals surface area contributed by atoms with E-state index < -0.39 is 19.1 Å². The molecule has 0 bridgehead atoms. The van der Waals surface area contributed by atoms with Gasteiger partial charge in [-0.2, -0.15) is 4.98 Å². The SMILES string of the molecule is Cc1ccn2nc(NCC(F)(F)CO)nc2c1. The van der Waals surface area contributed by atoms with Gasteiger partial charge in [0.1, 0.15) is 6.61 Å². The Hall–Kier alpha value is -1.76. The number of nitrogens with one attached hydrogen (secondary N) is 1. The van der Waals surface area contributed by atoms with Crippen LogP contribution in [0.25, 0.3) is 5.65 Å². The molecule has 2 rings (SSSR count). The number of nitrogens with zero attached hydrogens (tertiary/aromatic N) is 3. The topological polar surface area (TPSA) is 62.5 Å². The smallest absolute Gasteiger partial charge is 0.287 e. The summed E-state index contributed by atoms with van der Waals surface area (Å²) in [5.41, 5.74) is 1.59. The molecule has 0 aromatic carbocycles. The normalized spacial score (nSPS) is 12.0. The van der Waals surface area contributed by atoms with Gasteiger partial charge in [-0.15, -0.1) is 5.10 Å². The standard InChI is InChI=1S/C10H12F2N4O/c1-7-2-3-16-8(4-7)14-9(15-16)13-5-10(11,12)6-17/h2-4,17H,5-6H2,1H3,(H,13,15). The molecule has 0 amide bonds. The van der Waals surface area contributed by atoms with Crippen molar-refractivity contribution in [3.8, 4) is 0 Å². The van der Waals surface area contributed by atoms with Crippen LogP contribution in [0.15, 0.2) is 18.3 Å². The first-order valence-corrected chi connectivity index (χ1v) is 5.06. The van der Waals surface area contributed by atoms with E-state index >= 15 is 0 Å². The minimum Gasteiger partial charge on any atom is -0.390 e. The fraction of sp³-hybridized carbons (Fsp3) is 0.400. The summed E-state index contributed by atoms with van der Waals surface area (Å²) in [5.74, 6) is -3.06. The Balaban J connectivity index is 2.15. The molecule has 92 valence electrons. The highest BCUT2D eigenvalue weighted by molar-refractivity contribution is 5.45. The van der Waals surface area contributed by atoms with Crippen molar-refractivity contribution in [2.75, 3.05) is 18.5 Å². The maximum Gasteiger partial charge on any atom is 0.287 e. The highest BCUT2D eigenvalue weighted by Crippen LogP contribution is 2.13.